The maximum Gasteiger partial charge on any atom is 0.387 e. The molecule has 220 valence electrons. The molecule has 6 rings (SSSR count). The van der Waals surface area contributed by atoms with Crippen LogP contribution in [0.5, 0.6) is 0 Å². The van der Waals surface area contributed by atoms with Crippen LogP contribution in [-0.2, 0) is 57.1 Å². The molecule has 22 heteroatoms. The highest BCUT2D eigenvalue weighted by Crippen LogP contribution is 2.57. The zero-order valence-electron chi connectivity index (χ0n) is 21.0. The van der Waals surface area contributed by atoms with Gasteiger partial charge in [-0.15, -0.1) is 0 Å². The molecule has 2 aliphatic heterocycles. The Balaban J connectivity index is 1.40. The lowest BCUT2D eigenvalue weighted by Crippen LogP contribution is -2.37. The van der Waals surface area contributed by atoms with E-state index in [4.69, 9.17) is 45.1 Å². The number of thiol groups is 1. The average Bonchev–Trinajstić information content (AvgIpc) is 3.59. The lowest BCUT2D eigenvalue weighted by atomic mass is 10.1. The van der Waals surface area contributed by atoms with Crippen molar-refractivity contribution >= 4 is 65.8 Å². The van der Waals surface area contributed by atoms with Gasteiger partial charge in [-0.1, -0.05) is 12.2 Å². The van der Waals surface area contributed by atoms with Gasteiger partial charge in [-0.3, -0.25) is 23.4 Å². The number of imidazole rings is 2. The zero-order valence-corrected chi connectivity index (χ0v) is 24.5. The number of nitrogens with two attached hydrogens (primary N) is 1. The molecule has 6 atom stereocenters. The SMILES string of the molecule is CO[C@H]1[C@H]2OP(=O)(S)OCc3nc4cncnc4n3CCOP(O)(=S)OC[C@H]1O[C@H]2n1cnc2c(=O)[nH]c(N)nc21. The molecule has 4 aromatic heterocycles. The summed E-state index contributed by atoms with van der Waals surface area (Å²) in [6.07, 6.45) is -0.0678. The Labute approximate surface area is 240 Å². The van der Waals surface area contributed by atoms with Crippen LogP contribution in [0.25, 0.3) is 22.3 Å². The van der Waals surface area contributed by atoms with E-state index in [2.05, 4.69) is 42.2 Å². The number of hydrogen-bond acceptors (Lipinski definition) is 15. The van der Waals surface area contributed by atoms with Gasteiger partial charge in [-0.2, -0.15) is 4.98 Å². The quantitative estimate of drug-likeness (QED) is 0.173. The highest BCUT2D eigenvalue weighted by Gasteiger charge is 2.50. The number of nitrogen functional groups attached to an aromatic ring is 1. The van der Waals surface area contributed by atoms with Gasteiger partial charge >= 0.3 is 13.5 Å². The van der Waals surface area contributed by atoms with Crippen molar-refractivity contribution in [2.24, 2.45) is 0 Å². The highest BCUT2D eigenvalue weighted by atomic mass is 32.7. The van der Waals surface area contributed by atoms with Crippen LogP contribution in [0.3, 0.4) is 0 Å². The number of aromatic nitrogens is 8. The molecule has 18 nitrogen and oxygen atoms in total. The van der Waals surface area contributed by atoms with Crippen LogP contribution in [-0.4, -0.2) is 82.6 Å². The number of aromatic amines is 1. The molecule has 0 amide bonds. The lowest BCUT2D eigenvalue weighted by molar-refractivity contribution is -0.0509. The summed E-state index contributed by atoms with van der Waals surface area (Å²) >= 11 is 9.40. The maximum atomic E-state index is 13.6. The monoisotopic (exact) mass is 647 g/mol. The second-order valence-corrected chi connectivity index (χ2v) is 14.6. The fourth-order valence-corrected chi connectivity index (χ4v) is 7.14. The number of methoxy groups -OCH3 is 1. The maximum absolute atomic E-state index is 13.6. The molecule has 41 heavy (non-hydrogen) atoms. The molecule has 0 radical (unpaired) electrons. The van der Waals surface area contributed by atoms with Gasteiger partial charge in [-0.25, -0.2) is 24.5 Å². The normalized spacial score (nSPS) is 31.6. The Morgan fingerprint density at radius 3 is 2.90 bits per heavy atom. The molecule has 4 aromatic rings. The minimum Gasteiger partial charge on any atom is -0.376 e. The summed E-state index contributed by atoms with van der Waals surface area (Å²) in [4.78, 5) is 46.4. The smallest absolute Gasteiger partial charge is 0.376 e. The fourth-order valence-electron chi connectivity index (χ4n) is 4.64. The van der Waals surface area contributed by atoms with Crippen molar-refractivity contribution in [3.8, 4) is 0 Å². The van der Waals surface area contributed by atoms with Crippen molar-refractivity contribution in [3.05, 3.63) is 35.0 Å². The molecule has 2 aliphatic rings. The molecule has 1 saturated heterocycles. The molecule has 0 aliphatic carbocycles. The van der Waals surface area contributed by atoms with Gasteiger partial charge in [-0.05, 0) is 11.8 Å². The number of H-pyrrole nitrogens is 1. The largest absolute Gasteiger partial charge is 0.387 e. The molecule has 6 heterocycles. The minimum atomic E-state index is -4.15. The van der Waals surface area contributed by atoms with Crippen LogP contribution in [0, 0.1) is 0 Å². The zero-order chi connectivity index (χ0) is 28.9. The van der Waals surface area contributed by atoms with E-state index in [0.717, 1.165) is 0 Å². The average molecular weight is 648 g/mol. The van der Waals surface area contributed by atoms with Gasteiger partial charge in [0.2, 0.25) is 5.95 Å². The number of rotatable bonds is 2. The molecule has 4 N–H and O–H groups in total. The van der Waals surface area contributed by atoms with Gasteiger partial charge in [0.05, 0.1) is 25.7 Å². The summed E-state index contributed by atoms with van der Waals surface area (Å²) in [5.41, 5.74) is 6.12. The molecule has 0 saturated carbocycles. The Bertz CT molecular complexity index is 1770. The summed E-state index contributed by atoms with van der Waals surface area (Å²) in [5.74, 6) is 0.148. The van der Waals surface area contributed by atoms with Crippen LogP contribution in [0.2, 0.25) is 0 Å². The first-order valence-corrected chi connectivity index (χ1v) is 17.2. The number of hydrogen-bond donors (Lipinski definition) is 4. The van der Waals surface area contributed by atoms with E-state index in [9.17, 15) is 14.3 Å². The van der Waals surface area contributed by atoms with Crippen molar-refractivity contribution in [2.45, 2.75) is 37.7 Å². The van der Waals surface area contributed by atoms with E-state index in [1.807, 2.05) is 0 Å². The van der Waals surface area contributed by atoms with E-state index >= 15 is 0 Å². The molecule has 0 aromatic carbocycles. The number of anilines is 1. The summed E-state index contributed by atoms with van der Waals surface area (Å²) in [6.45, 7) is -8.43. The molecule has 0 spiro atoms. The number of ether oxygens (including phenoxy) is 2. The van der Waals surface area contributed by atoms with E-state index in [1.165, 1.54) is 30.5 Å². The summed E-state index contributed by atoms with van der Waals surface area (Å²) < 4.78 is 51.1. The van der Waals surface area contributed by atoms with E-state index in [-0.39, 0.29) is 43.5 Å². The topological polar surface area (TPSA) is 226 Å². The third kappa shape index (κ3) is 5.70. The van der Waals surface area contributed by atoms with Crippen LogP contribution >= 0.6 is 25.8 Å². The molecular weight excluding hydrogens is 624 g/mol. The van der Waals surface area contributed by atoms with Crippen LogP contribution < -0.4 is 11.3 Å². The molecule has 1 fully saturated rings. The summed E-state index contributed by atoms with van der Waals surface area (Å²) in [7, 11) is 1.38. The van der Waals surface area contributed by atoms with Gasteiger partial charge in [0.15, 0.2) is 23.0 Å². The van der Waals surface area contributed by atoms with Crippen LogP contribution in [0.4, 0.5) is 5.95 Å². The first-order valence-electron chi connectivity index (χ1n) is 11.9. The Morgan fingerprint density at radius 1 is 1.27 bits per heavy atom. The first kappa shape index (κ1) is 28.8. The second-order valence-electron chi connectivity index (χ2n) is 8.86. The predicted octanol–water partition coefficient (Wildman–Crippen LogP) is 0.657. The molecule has 2 unspecified atom stereocenters. The second kappa shape index (κ2) is 11.1. The van der Waals surface area contributed by atoms with E-state index < -0.39 is 43.6 Å². The molecule has 2 bridgehead atoms. The predicted molar refractivity (Wildman–Crippen MR) is 147 cm³/mol. The number of fused-ring (bicyclic) bond motifs is 6. The van der Waals surface area contributed by atoms with Crippen molar-refractivity contribution in [1.29, 1.82) is 0 Å². The Hall–Kier alpha value is -2.35. The van der Waals surface area contributed by atoms with Gasteiger partial charge < -0.3 is 33.7 Å². The van der Waals surface area contributed by atoms with Crippen molar-refractivity contribution in [3.63, 3.8) is 0 Å². The molecular formula is C19H23N9O9P2S2. The third-order valence-corrected chi connectivity index (χ3v) is 9.57. The van der Waals surface area contributed by atoms with Gasteiger partial charge in [0.25, 0.3) is 5.56 Å². The van der Waals surface area contributed by atoms with Gasteiger partial charge in [0.1, 0.15) is 42.6 Å². The number of nitrogens with zero attached hydrogens (tertiary/aromatic N) is 7. The summed E-state index contributed by atoms with van der Waals surface area (Å²) in [6, 6.07) is 0. The fraction of sp³-hybridized carbons (Fsp3) is 0.474. The van der Waals surface area contributed by atoms with E-state index in [1.54, 1.807) is 4.57 Å². The van der Waals surface area contributed by atoms with Crippen molar-refractivity contribution < 1.29 is 37.0 Å². The lowest BCUT2D eigenvalue weighted by Gasteiger charge is -2.26. The van der Waals surface area contributed by atoms with Crippen LogP contribution in [0.1, 0.15) is 12.1 Å². The van der Waals surface area contributed by atoms with E-state index in [0.29, 0.717) is 17.0 Å². The first-order chi connectivity index (χ1) is 19.5. The van der Waals surface area contributed by atoms with Crippen LogP contribution in [0.15, 0.2) is 23.6 Å². The minimum absolute atomic E-state index is 0.0241. The third-order valence-electron chi connectivity index (χ3n) is 6.35. The van der Waals surface area contributed by atoms with Crippen molar-refractivity contribution in [1.82, 2.24) is 39.0 Å². The summed E-state index contributed by atoms with van der Waals surface area (Å²) in [5, 5.41) is 0. The Kier molecular flexibility index (Phi) is 7.75. The number of nitrogens with one attached hydrogen (secondary N) is 1. The van der Waals surface area contributed by atoms with Crippen molar-refractivity contribution in [2.75, 3.05) is 26.1 Å². The standard InChI is InChI=1S/C19H23N9O9P2S2/c1-32-13-10-5-34-38(30,40)33-3-2-27-11(24-9-4-21-7-22-15(9)27)6-35-39(31,41)37-14(13)18(36-10)28-8-23-12-16(28)25-19(20)26-17(12)29/h4,7-8,10,13-14,18H,2-3,5-6H2,1H3,(H,30,40)(H,31,41)(H3,20,25,26,29)/t10-,13-,14-,18-,38?,39?/m1/s1. The Morgan fingerprint density at radius 2 is 2.10 bits per heavy atom. The highest BCUT2D eigenvalue weighted by molar-refractivity contribution is 8.44. The van der Waals surface area contributed by atoms with Gasteiger partial charge in [0, 0.05) is 13.7 Å².